The van der Waals surface area contributed by atoms with Crippen molar-refractivity contribution in [2.75, 3.05) is 13.7 Å². The molecule has 1 amide bonds. The lowest BCUT2D eigenvalue weighted by molar-refractivity contribution is -0.130. The minimum atomic E-state index is 0.0357. The summed E-state index contributed by atoms with van der Waals surface area (Å²) < 4.78 is 10.8. The van der Waals surface area contributed by atoms with E-state index in [-0.39, 0.29) is 5.91 Å². The number of rotatable bonds is 6. The van der Waals surface area contributed by atoms with Crippen LogP contribution in [0.25, 0.3) is 0 Å². The Morgan fingerprint density at radius 3 is 2.64 bits per heavy atom. The topological polar surface area (TPSA) is 55.6 Å². The smallest absolute Gasteiger partial charge is 0.226 e. The van der Waals surface area contributed by atoms with E-state index in [9.17, 15) is 4.79 Å². The van der Waals surface area contributed by atoms with E-state index < -0.39 is 0 Å². The van der Waals surface area contributed by atoms with E-state index >= 15 is 0 Å². The quantitative estimate of drug-likeness (QED) is 0.823. The predicted molar refractivity (Wildman–Crippen MR) is 83.7 cm³/mol. The van der Waals surface area contributed by atoms with E-state index in [0.29, 0.717) is 19.6 Å². The maximum Gasteiger partial charge on any atom is 0.226 e. The number of para-hydroxylation sites is 1. The van der Waals surface area contributed by atoms with Crippen molar-refractivity contribution >= 4 is 5.91 Å². The van der Waals surface area contributed by atoms with E-state index in [2.05, 4.69) is 5.16 Å². The molecule has 0 atom stereocenters. The molecule has 0 spiro atoms. The highest BCUT2D eigenvalue weighted by Crippen LogP contribution is 2.17. The fraction of sp³-hybridized carbons (Fsp3) is 0.412. The zero-order valence-corrected chi connectivity index (χ0v) is 13.5. The first-order valence-corrected chi connectivity index (χ1v) is 7.33. The Morgan fingerprint density at radius 1 is 1.27 bits per heavy atom. The molecule has 2 rings (SSSR count). The van der Waals surface area contributed by atoms with Crippen LogP contribution in [0.4, 0.5) is 0 Å². The Kier molecular flexibility index (Phi) is 5.20. The Bertz CT molecular complexity index is 630. The molecule has 0 saturated carbocycles. The van der Waals surface area contributed by atoms with Gasteiger partial charge >= 0.3 is 0 Å². The average molecular weight is 302 g/mol. The molecule has 0 radical (unpaired) electrons. The van der Waals surface area contributed by atoms with Crippen LogP contribution in [0.3, 0.4) is 0 Å². The van der Waals surface area contributed by atoms with Crippen LogP contribution in [0.2, 0.25) is 0 Å². The third-order valence-corrected chi connectivity index (χ3v) is 3.67. The molecule has 1 aromatic carbocycles. The van der Waals surface area contributed by atoms with Crippen molar-refractivity contribution in [1.82, 2.24) is 10.1 Å². The molecule has 0 aliphatic heterocycles. The number of amides is 1. The van der Waals surface area contributed by atoms with Crippen molar-refractivity contribution in [3.8, 4) is 5.75 Å². The number of carbonyl (C=O) groups is 1. The van der Waals surface area contributed by atoms with Gasteiger partial charge in [-0.25, -0.2) is 0 Å². The molecule has 22 heavy (non-hydrogen) atoms. The lowest BCUT2D eigenvalue weighted by atomic mass is 10.2. The fourth-order valence-corrected chi connectivity index (χ4v) is 2.21. The molecular weight excluding hydrogens is 280 g/mol. The van der Waals surface area contributed by atoms with Crippen molar-refractivity contribution in [1.29, 1.82) is 0 Å². The minimum absolute atomic E-state index is 0.0357. The van der Waals surface area contributed by atoms with Crippen LogP contribution >= 0.6 is 0 Å². The van der Waals surface area contributed by atoms with Gasteiger partial charge in [0.05, 0.1) is 25.3 Å². The Labute approximate surface area is 130 Å². The highest BCUT2D eigenvalue weighted by atomic mass is 16.5. The maximum absolute atomic E-state index is 12.2. The third kappa shape index (κ3) is 3.87. The summed E-state index contributed by atoms with van der Waals surface area (Å²) in [5.41, 5.74) is 2.86. The first kappa shape index (κ1) is 16.1. The molecule has 2 aromatic rings. The molecule has 1 aromatic heterocycles. The maximum atomic E-state index is 12.2. The van der Waals surface area contributed by atoms with Gasteiger partial charge in [-0.3, -0.25) is 4.79 Å². The van der Waals surface area contributed by atoms with Crippen LogP contribution in [-0.2, 0) is 11.3 Å². The molecule has 0 bridgehead atoms. The monoisotopic (exact) mass is 302 g/mol. The van der Waals surface area contributed by atoms with Crippen LogP contribution in [0.15, 0.2) is 28.8 Å². The summed E-state index contributed by atoms with van der Waals surface area (Å²) in [6, 6.07) is 7.78. The number of aryl methyl sites for hydroxylation is 3. The Hall–Kier alpha value is -2.30. The SMILES string of the molecule is Cc1ccccc1OCCC(=O)N(C)Cc1c(C)noc1C. The van der Waals surface area contributed by atoms with E-state index in [1.807, 2.05) is 45.0 Å². The summed E-state index contributed by atoms with van der Waals surface area (Å²) in [7, 11) is 1.78. The molecule has 0 aliphatic rings. The van der Waals surface area contributed by atoms with Gasteiger partial charge in [-0.2, -0.15) is 0 Å². The van der Waals surface area contributed by atoms with Crippen molar-refractivity contribution in [2.45, 2.75) is 33.7 Å². The van der Waals surface area contributed by atoms with E-state index in [1.54, 1.807) is 11.9 Å². The highest BCUT2D eigenvalue weighted by molar-refractivity contribution is 5.76. The lowest BCUT2D eigenvalue weighted by Gasteiger charge is -2.17. The van der Waals surface area contributed by atoms with Gasteiger partial charge in [0.15, 0.2) is 0 Å². The number of aromatic nitrogens is 1. The molecule has 5 nitrogen and oxygen atoms in total. The summed E-state index contributed by atoms with van der Waals surface area (Å²) in [4.78, 5) is 13.8. The van der Waals surface area contributed by atoms with Crippen LogP contribution in [0.5, 0.6) is 5.75 Å². The highest BCUT2D eigenvalue weighted by Gasteiger charge is 2.15. The van der Waals surface area contributed by atoms with Crippen molar-refractivity contribution < 1.29 is 14.1 Å². The van der Waals surface area contributed by atoms with E-state index in [0.717, 1.165) is 28.3 Å². The largest absolute Gasteiger partial charge is 0.493 e. The first-order valence-electron chi connectivity index (χ1n) is 7.33. The molecule has 0 fully saturated rings. The van der Waals surface area contributed by atoms with Gasteiger partial charge < -0.3 is 14.2 Å². The lowest BCUT2D eigenvalue weighted by Crippen LogP contribution is -2.27. The second kappa shape index (κ2) is 7.11. The minimum Gasteiger partial charge on any atom is -0.493 e. The van der Waals surface area contributed by atoms with Crippen LogP contribution in [0, 0.1) is 20.8 Å². The zero-order valence-electron chi connectivity index (χ0n) is 13.5. The van der Waals surface area contributed by atoms with Gasteiger partial charge in [0, 0.05) is 12.6 Å². The average Bonchev–Trinajstić information content (AvgIpc) is 2.81. The Balaban J connectivity index is 1.83. The third-order valence-electron chi connectivity index (χ3n) is 3.67. The number of benzene rings is 1. The molecule has 0 N–H and O–H groups in total. The number of hydrogen-bond acceptors (Lipinski definition) is 4. The van der Waals surface area contributed by atoms with Crippen molar-refractivity contribution in [3.63, 3.8) is 0 Å². The molecule has 118 valence electrons. The summed E-state index contributed by atoms with van der Waals surface area (Å²) in [5.74, 6) is 1.62. The number of nitrogens with zero attached hydrogens (tertiary/aromatic N) is 2. The van der Waals surface area contributed by atoms with Crippen LogP contribution < -0.4 is 4.74 Å². The van der Waals surface area contributed by atoms with Crippen molar-refractivity contribution in [3.05, 3.63) is 46.8 Å². The van der Waals surface area contributed by atoms with Gasteiger partial charge in [-0.1, -0.05) is 23.4 Å². The molecule has 0 saturated heterocycles. The normalized spacial score (nSPS) is 10.5. The van der Waals surface area contributed by atoms with E-state index in [1.165, 1.54) is 0 Å². The predicted octanol–water partition coefficient (Wildman–Crippen LogP) is 3.03. The first-order chi connectivity index (χ1) is 10.5. The number of hydrogen-bond donors (Lipinski definition) is 0. The van der Waals surface area contributed by atoms with Crippen molar-refractivity contribution in [2.24, 2.45) is 0 Å². The fourth-order valence-electron chi connectivity index (χ4n) is 2.21. The standard InChI is InChI=1S/C17H22N2O3/c1-12-7-5-6-8-16(12)21-10-9-17(20)19(4)11-15-13(2)18-22-14(15)3/h5-8H,9-11H2,1-4H3. The second-order valence-electron chi connectivity index (χ2n) is 5.42. The van der Waals surface area contributed by atoms with Gasteiger partial charge in [0.2, 0.25) is 5.91 Å². The van der Waals surface area contributed by atoms with Crippen LogP contribution in [0.1, 0.15) is 29.0 Å². The van der Waals surface area contributed by atoms with E-state index in [4.69, 9.17) is 9.26 Å². The number of carbonyl (C=O) groups excluding carboxylic acids is 1. The van der Waals surface area contributed by atoms with Crippen LogP contribution in [-0.4, -0.2) is 29.6 Å². The molecule has 0 aliphatic carbocycles. The Morgan fingerprint density at radius 2 is 2.00 bits per heavy atom. The molecule has 1 heterocycles. The molecule has 5 heteroatoms. The van der Waals surface area contributed by atoms with Gasteiger partial charge in [0.25, 0.3) is 0 Å². The summed E-state index contributed by atoms with van der Waals surface area (Å²) in [6.07, 6.45) is 0.341. The van der Waals surface area contributed by atoms with Gasteiger partial charge in [-0.05, 0) is 32.4 Å². The summed E-state index contributed by atoms with van der Waals surface area (Å²) in [5, 5.41) is 3.90. The number of ether oxygens (including phenoxy) is 1. The van der Waals surface area contributed by atoms with Gasteiger partial charge in [0.1, 0.15) is 11.5 Å². The molecule has 0 unspecified atom stereocenters. The zero-order chi connectivity index (χ0) is 16.1. The molecular formula is C17H22N2O3. The summed E-state index contributed by atoms with van der Waals surface area (Å²) >= 11 is 0. The second-order valence-corrected chi connectivity index (χ2v) is 5.42. The van der Waals surface area contributed by atoms with Gasteiger partial charge in [-0.15, -0.1) is 0 Å². The summed E-state index contributed by atoms with van der Waals surface area (Å²) in [6.45, 7) is 6.60.